The quantitative estimate of drug-likeness (QED) is 0.878. The molecule has 1 aliphatic heterocycles. The second-order valence-corrected chi connectivity index (χ2v) is 4.98. The van der Waals surface area contributed by atoms with E-state index in [1.165, 1.54) is 12.1 Å². The van der Waals surface area contributed by atoms with Gasteiger partial charge >= 0.3 is 6.18 Å². The minimum Gasteiger partial charge on any atom is -0.322 e. The molecular formula is C14H12F3N3O. The maximum Gasteiger partial charge on any atom is 0.417 e. The maximum absolute atomic E-state index is 13.1. The number of hydrazone groups is 1. The summed E-state index contributed by atoms with van der Waals surface area (Å²) in [6.07, 6.45) is -3.79. The van der Waals surface area contributed by atoms with Crippen LogP contribution in [0.25, 0.3) is 10.9 Å². The van der Waals surface area contributed by atoms with Crippen molar-refractivity contribution >= 4 is 22.3 Å². The SMILES string of the molecule is CC1=NN(c2ccc3[nH]c(=O)cc(C(F)(F)F)c3c2)CC1. The molecule has 1 aliphatic rings. The molecule has 110 valence electrons. The van der Waals surface area contributed by atoms with Crippen molar-refractivity contribution in [3.63, 3.8) is 0 Å². The van der Waals surface area contributed by atoms with E-state index in [-0.39, 0.29) is 10.9 Å². The molecule has 1 N–H and O–H groups in total. The van der Waals surface area contributed by atoms with E-state index >= 15 is 0 Å². The summed E-state index contributed by atoms with van der Waals surface area (Å²) >= 11 is 0. The highest BCUT2D eigenvalue weighted by Crippen LogP contribution is 2.35. The molecule has 0 spiro atoms. The number of hydrogen-bond acceptors (Lipinski definition) is 3. The Morgan fingerprint density at radius 2 is 2.05 bits per heavy atom. The third kappa shape index (κ3) is 2.51. The first-order valence-electron chi connectivity index (χ1n) is 6.40. The number of aromatic amines is 1. The van der Waals surface area contributed by atoms with Gasteiger partial charge in [0.1, 0.15) is 0 Å². The van der Waals surface area contributed by atoms with Gasteiger partial charge in [-0.2, -0.15) is 18.3 Å². The summed E-state index contributed by atoms with van der Waals surface area (Å²) in [6.45, 7) is 2.52. The van der Waals surface area contributed by atoms with Crippen LogP contribution in [0, 0.1) is 0 Å². The number of aromatic nitrogens is 1. The van der Waals surface area contributed by atoms with Gasteiger partial charge in [0.2, 0.25) is 5.56 Å². The van der Waals surface area contributed by atoms with Gasteiger partial charge in [0.15, 0.2) is 0 Å². The molecule has 21 heavy (non-hydrogen) atoms. The number of nitrogens with one attached hydrogen (secondary N) is 1. The standard InChI is InChI=1S/C14H12F3N3O/c1-8-4-5-20(19-8)9-2-3-12-10(6-9)11(14(15,16)17)7-13(21)18-12/h2-3,6-7H,4-5H2,1H3,(H,18,21). The highest BCUT2D eigenvalue weighted by Gasteiger charge is 2.33. The lowest BCUT2D eigenvalue weighted by atomic mass is 10.1. The van der Waals surface area contributed by atoms with Gasteiger partial charge in [-0.05, 0) is 25.1 Å². The normalized spacial score (nSPS) is 15.6. The highest BCUT2D eigenvalue weighted by atomic mass is 19.4. The number of H-pyrrole nitrogens is 1. The molecule has 0 unspecified atom stereocenters. The third-order valence-electron chi connectivity index (χ3n) is 3.41. The van der Waals surface area contributed by atoms with Gasteiger partial charge in [-0.15, -0.1) is 0 Å². The van der Waals surface area contributed by atoms with E-state index < -0.39 is 17.3 Å². The smallest absolute Gasteiger partial charge is 0.322 e. The van der Waals surface area contributed by atoms with Gasteiger partial charge in [0.25, 0.3) is 0 Å². The summed E-state index contributed by atoms with van der Waals surface area (Å²) in [6, 6.07) is 5.13. The Kier molecular flexibility index (Phi) is 3.00. The van der Waals surface area contributed by atoms with Crippen molar-refractivity contribution in [3.05, 3.63) is 40.2 Å². The fourth-order valence-electron chi connectivity index (χ4n) is 2.40. The van der Waals surface area contributed by atoms with E-state index in [2.05, 4.69) is 10.1 Å². The number of pyridine rings is 1. The van der Waals surface area contributed by atoms with E-state index in [1.807, 2.05) is 6.92 Å². The van der Waals surface area contributed by atoms with Gasteiger partial charge in [0, 0.05) is 35.6 Å². The van der Waals surface area contributed by atoms with E-state index in [1.54, 1.807) is 11.1 Å². The first kappa shape index (κ1) is 13.7. The van der Waals surface area contributed by atoms with Crippen molar-refractivity contribution in [1.82, 2.24) is 4.98 Å². The first-order chi connectivity index (χ1) is 9.84. The fourth-order valence-corrected chi connectivity index (χ4v) is 2.40. The van der Waals surface area contributed by atoms with Crippen molar-refractivity contribution in [2.24, 2.45) is 5.10 Å². The van der Waals surface area contributed by atoms with E-state index in [0.717, 1.165) is 12.1 Å². The maximum atomic E-state index is 13.1. The second kappa shape index (κ2) is 4.61. The fraction of sp³-hybridized carbons (Fsp3) is 0.286. The van der Waals surface area contributed by atoms with E-state index in [4.69, 9.17) is 0 Å². The minimum absolute atomic E-state index is 0.0284. The van der Waals surface area contributed by atoms with Crippen LogP contribution in [0.4, 0.5) is 18.9 Å². The molecule has 4 nitrogen and oxygen atoms in total. The van der Waals surface area contributed by atoms with E-state index in [9.17, 15) is 18.0 Å². The summed E-state index contributed by atoms with van der Waals surface area (Å²) in [5, 5.41) is 5.91. The molecule has 0 saturated carbocycles. The number of hydrogen-bond donors (Lipinski definition) is 1. The van der Waals surface area contributed by atoms with Crippen LogP contribution in [0.2, 0.25) is 0 Å². The summed E-state index contributed by atoms with van der Waals surface area (Å²) in [4.78, 5) is 13.8. The van der Waals surface area contributed by atoms with Crippen LogP contribution in [0.1, 0.15) is 18.9 Å². The molecule has 1 aromatic carbocycles. The van der Waals surface area contributed by atoms with Crippen LogP contribution < -0.4 is 10.6 Å². The highest BCUT2D eigenvalue weighted by molar-refractivity contribution is 5.88. The zero-order valence-electron chi connectivity index (χ0n) is 11.2. The summed E-state index contributed by atoms with van der Waals surface area (Å²) in [7, 11) is 0. The Morgan fingerprint density at radius 1 is 1.29 bits per heavy atom. The molecule has 0 saturated heterocycles. The average molecular weight is 295 g/mol. The van der Waals surface area contributed by atoms with Crippen LogP contribution >= 0.6 is 0 Å². The Morgan fingerprint density at radius 3 is 2.67 bits per heavy atom. The van der Waals surface area contributed by atoms with Crippen molar-refractivity contribution in [3.8, 4) is 0 Å². The molecule has 0 radical (unpaired) electrons. The van der Waals surface area contributed by atoms with Crippen LogP contribution in [-0.4, -0.2) is 17.2 Å². The predicted molar refractivity (Wildman–Crippen MR) is 74.6 cm³/mol. The Balaban J connectivity index is 2.21. The molecule has 3 rings (SSSR count). The van der Waals surface area contributed by atoms with Crippen molar-refractivity contribution in [2.45, 2.75) is 19.5 Å². The summed E-state index contributed by atoms with van der Waals surface area (Å²) in [5.74, 6) is 0. The lowest BCUT2D eigenvalue weighted by molar-refractivity contribution is -0.136. The first-order valence-corrected chi connectivity index (χ1v) is 6.40. The van der Waals surface area contributed by atoms with Crippen molar-refractivity contribution in [1.29, 1.82) is 0 Å². The number of benzene rings is 1. The van der Waals surface area contributed by atoms with Crippen molar-refractivity contribution < 1.29 is 13.2 Å². The van der Waals surface area contributed by atoms with Crippen LogP contribution in [0.15, 0.2) is 34.2 Å². The van der Waals surface area contributed by atoms with Crippen LogP contribution in [0.3, 0.4) is 0 Å². The predicted octanol–water partition coefficient (Wildman–Crippen LogP) is 3.13. The number of fused-ring (bicyclic) bond motifs is 1. The number of alkyl halides is 3. The summed E-state index contributed by atoms with van der Waals surface area (Å²) < 4.78 is 39.2. The zero-order chi connectivity index (χ0) is 15.2. The van der Waals surface area contributed by atoms with Gasteiger partial charge in [-0.3, -0.25) is 9.80 Å². The largest absolute Gasteiger partial charge is 0.417 e. The molecule has 0 atom stereocenters. The van der Waals surface area contributed by atoms with Crippen molar-refractivity contribution in [2.75, 3.05) is 11.6 Å². The number of halogens is 3. The Hall–Kier alpha value is -2.31. The van der Waals surface area contributed by atoms with Crippen LogP contribution in [-0.2, 0) is 6.18 Å². The molecular weight excluding hydrogens is 283 g/mol. The average Bonchev–Trinajstić information content (AvgIpc) is 2.83. The molecule has 0 amide bonds. The van der Waals surface area contributed by atoms with Gasteiger partial charge in [-0.1, -0.05) is 0 Å². The molecule has 1 aromatic heterocycles. The molecule has 0 fully saturated rings. The lowest BCUT2D eigenvalue weighted by Crippen LogP contribution is -2.15. The third-order valence-corrected chi connectivity index (χ3v) is 3.41. The summed E-state index contributed by atoms with van der Waals surface area (Å²) in [5.41, 5.74) is -0.0106. The molecule has 0 aliphatic carbocycles. The second-order valence-electron chi connectivity index (χ2n) is 4.98. The van der Waals surface area contributed by atoms with E-state index in [0.29, 0.717) is 18.3 Å². The molecule has 2 heterocycles. The molecule has 7 heteroatoms. The van der Waals surface area contributed by atoms with Crippen LogP contribution in [0.5, 0.6) is 0 Å². The zero-order valence-corrected chi connectivity index (χ0v) is 11.2. The Bertz CT molecular complexity index is 792. The molecule has 2 aromatic rings. The van der Waals surface area contributed by atoms with Gasteiger partial charge in [0.05, 0.1) is 11.3 Å². The van der Waals surface area contributed by atoms with Gasteiger partial charge < -0.3 is 4.98 Å². The number of anilines is 1. The lowest BCUT2D eigenvalue weighted by Gasteiger charge is -2.16. The number of nitrogens with zero attached hydrogens (tertiary/aromatic N) is 2. The minimum atomic E-state index is -4.57. The monoisotopic (exact) mass is 295 g/mol. The topological polar surface area (TPSA) is 48.5 Å². The Labute approximate surface area is 117 Å². The number of rotatable bonds is 1. The molecule has 0 bridgehead atoms. The van der Waals surface area contributed by atoms with Gasteiger partial charge in [-0.25, -0.2) is 0 Å².